The van der Waals surface area contributed by atoms with Gasteiger partial charge in [0.2, 0.25) is 0 Å². The molecule has 1 aliphatic heterocycles. The van der Waals surface area contributed by atoms with Crippen LogP contribution >= 0.6 is 15.9 Å². The molecule has 4 heteroatoms. The first-order valence-corrected chi connectivity index (χ1v) is 10.4. The molecule has 0 radical (unpaired) electrons. The number of hydrogen-bond acceptors (Lipinski definition) is 3. The van der Waals surface area contributed by atoms with Crippen LogP contribution in [0.2, 0.25) is 0 Å². The number of aromatic nitrogens is 2. The predicted octanol–water partition coefficient (Wildman–Crippen LogP) is 5.60. The van der Waals surface area contributed by atoms with E-state index in [9.17, 15) is 0 Å². The summed E-state index contributed by atoms with van der Waals surface area (Å²) in [5.41, 5.74) is 3.81. The zero-order valence-electron chi connectivity index (χ0n) is 15.3. The van der Waals surface area contributed by atoms with Crippen LogP contribution in [0.4, 0.5) is 0 Å². The van der Waals surface area contributed by atoms with E-state index >= 15 is 0 Å². The highest BCUT2D eigenvalue weighted by molar-refractivity contribution is 9.10. The van der Waals surface area contributed by atoms with Crippen molar-refractivity contribution < 1.29 is 0 Å². The lowest BCUT2D eigenvalue weighted by Gasteiger charge is -2.40. The van der Waals surface area contributed by atoms with Crippen molar-refractivity contribution >= 4 is 15.9 Å². The summed E-state index contributed by atoms with van der Waals surface area (Å²) in [6, 6.07) is 17.5. The summed E-state index contributed by atoms with van der Waals surface area (Å²) in [6.45, 7) is 2.27. The topological polar surface area (TPSA) is 29.0 Å². The number of halogens is 1. The molecular weight excluding hydrogens is 398 g/mol. The van der Waals surface area contributed by atoms with Gasteiger partial charge in [0.05, 0.1) is 0 Å². The number of hydrogen-bond donors (Lipinski definition) is 0. The molecule has 4 rings (SSSR count). The fraction of sp³-hybridized carbons (Fsp3) is 0.304. The van der Waals surface area contributed by atoms with Gasteiger partial charge in [-0.3, -0.25) is 14.9 Å². The largest absolute Gasteiger partial charge is 0.295 e. The summed E-state index contributed by atoms with van der Waals surface area (Å²) in [4.78, 5) is 11.5. The molecule has 138 valence electrons. The van der Waals surface area contributed by atoms with Crippen molar-refractivity contribution in [3.63, 3.8) is 0 Å². The van der Waals surface area contributed by atoms with Gasteiger partial charge < -0.3 is 0 Å². The van der Waals surface area contributed by atoms with E-state index in [-0.39, 0.29) is 12.0 Å². The van der Waals surface area contributed by atoms with Crippen LogP contribution < -0.4 is 0 Å². The average Bonchev–Trinajstić information content (AvgIpc) is 2.74. The number of nitrogens with zero attached hydrogens (tertiary/aromatic N) is 3. The monoisotopic (exact) mass is 421 g/mol. The lowest BCUT2D eigenvalue weighted by atomic mass is 9.81. The molecule has 2 aromatic heterocycles. The quantitative estimate of drug-likeness (QED) is 0.536. The van der Waals surface area contributed by atoms with Crippen molar-refractivity contribution in [1.82, 2.24) is 14.9 Å². The third kappa shape index (κ3) is 4.28. The van der Waals surface area contributed by atoms with Crippen LogP contribution in [0, 0.1) is 0 Å². The zero-order chi connectivity index (χ0) is 18.5. The second-order valence-electron chi connectivity index (χ2n) is 7.15. The van der Waals surface area contributed by atoms with Crippen LogP contribution in [0.15, 0.2) is 77.8 Å². The normalized spacial score (nSPS) is 16.4. The minimum Gasteiger partial charge on any atom is -0.295 e. The third-order valence-corrected chi connectivity index (χ3v) is 5.87. The van der Waals surface area contributed by atoms with Gasteiger partial charge in [0.15, 0.2) is 0 Å². The van der Waals surface area contributed by atoms with Crippen LogP contribution in [0.5, 0.6) is 0 Å². The molecule has 1 unspecified atom stereocenters. The highest BCUT2D eigenvalue weighted by atomic mass is 79.9. The number of pyridine rings is 2. The molecule has 1 atom stereocenters. The van der Waals surface area contributed by atoms with Crippen LogP contribution in [0.1, 0.15) is 47.9 Å². The van der Waals surface area contributed by atoms with Crippen molar-refractivity contribution in [2.24, 2.45) is 0 Å². The minimum atomic E-state index is 0.194. The van der Waals surface area contributed by atoms with Gasteiger partial charge in [0.1, 0.15) is 0 Å². The molecule has 0 aliphatic carbocycles. The van der Waals surface area contributed by atoms with Gasteiger partial charge in [-0.25, -0.2) is 0 Å². The van der Waals surface area contributed by atoms with E-state index in [0.29, 0.717) is 0 Å². The van der Waals surface area contributed by atoms with E-state index in [2.05, 4.69) is 67.2 Å². The van der Waals surface area contributed by atoms with Crippen LogP contribution in [-0.2, 0) is 0 Å². The van der Waals surface area contributed by atoms with Crippen molar-refractivity contribution in [2.75, 3.05) is 13.1 Å². The van der Waals surface area contributed by atoms with Gasteiger partial charge in [-0.1, -0.05) is 46.6 Å². The summed E-state index contributed by atoms with van der Waals surface area (Å²) < 4.78 is 1.12. The maximum Gasteiger partial charge on any atom is 0.0458 e. The second-order valence-corrected chi connectivity index (χ2v) is 8.06. The standard InChI is InChI=1S/C23H24BrN3/c24-21-10-4-7-18(15-21)23(27-13-2-1-3-14-27)22(19-8-5-11-25-16-19)20-9-6-12-26-17-20/h4-12,15-17,22-23H,1-3,13-14H2. The van der Waals surface area contributed by atoms with Crippen molar-refractivity contribution in [2.45, 2.75) is 31.2 Å². The Morgan fingerprint density at radius 3 is 1.96 bits per heavy atom. The highest BCUT2D eigenvalue weighted by Gasteiger charge is 2.32. The fourth-order valence-electron chi connectivity index (χ4n) is 4.18. The molecule has 1 fully saturated rings. The molecule has 27 heavy (non-hydrogen) atoms. The Balaban J connectivity index is 1.85. The van der Waals surface area contributed by atoms with Gasteiger partial charge in [-0.2, -0.15) is 0 Å². The Kier molecular flexibility index (Phi) is 5.95. The van der Waals surface area contributed by atoms with Gasteiger partial charge in [-0.15, -0.1) is 0 Å². The van der Waals surface area contributed by atoms with Gasteiger partial charge in [0.25, 0.3) is 0 Å². The van der Waals surface area contributed by atoms with E-state index in [1.165, 1.54) is 36.0 Å². The summed E-state index contributed by atoms with van der Waals surface area (Å²) in [7, 11) is 0. The first-order chi connectivity index (χ1) is 13.3. The fourth-order valence-corrected chi connectivity index (χ4v) is 4.60. The van der Waals surface area contributed by atoms with E-state index in [0.717, 1.165) is 17.6 Å². The average molecular weight is 422 g/mol. The summed E-state index contributed by atoms with van der Waals surface area (Å²) >= 11 is 3.67. The predicted molar refractivity (Wildman–Crippen MR) is 113 cm³/mol. The third-order valence-electron chi connectivity index (χ3n) is 5.38. The summed E-state index contributed by atoms with van der Waals surface area (Å²) in [6.07, 6.45) is 11.6. The molecule has 1 saturated heterocycles. The number of likely N-dealkylation sites (tertiary alicyclic amines) is 1. The molecule has 0 spiro atoms. The Morgan fingerprint density at radius 1 is 0.778 bits per heavy atom. The highest BCUT2D eigenvalue weighted by Crippen LogP contribution is 2.42. The van der Waals surface area contributed by atoms with Gasteiger partial charge in [0, 0.05) is 41.2 Å². The van der Waals surface area contributed by atoms with Crippen LogP contribution in [-0.4, -0.2) is 28.0 Å². The van der Waals surface area contributed by atoms with Crippen molar-refractivity contribution in [3.8, 4) is 0 Å². The molecule has 3 nitrogen and oxygen atoms in total. The van der Waals surface area contributed by atoms with Gasteiger partial charge in [-0.05, 0) is 66.9 Å². The Bertz CT molecular complexity index is 808. The molecule has 1 aliphatic rings. The van der Waals surface area contributed by atoms with E-state index in [1.807, 2.05) is 36.9 Å². The Labute approximate surface area is 169 Å². The number of rotatable bonds is 5. The maximum atomic E-state index is 4.42. The first kappa shape index (κ1) is 18.3. The molecule has 0 bridgehead atoms. The van der Waals surface area contributed by atoms with Crippen molar-refractivity contribution in [1.29, 1.82) is 0 Å². The summed E-state index contributed by atoms with van der Waals surface area (Å²) in [5, 5.41) is 0. The van der Waals surface area contributed by atoms with E-state index in [4.69, 9.17) is 0 Å². The summed E-state index contributed by atoms with van der Waals surface area (Å²) in [5.74, 6) is 0.194. The first-order valence-electron chi connectivity index (χ1n) is 9.62. The van der Waals surface area contributed by atoms with E-state index in [1.54, 1.807) is 0 Å². The lowest BCUT2D eigenvalue weighted by Crippen LogP contribution is -2.37. The minimum absolute atomic E-state index is 0.194. The molecule has 0 amide bonds. The molecule has 3 aromatic rings. The van der Waals surface area contributed by atoms with Crippen molar-refractivity contribution in [3.05, 3.63) is 94.5 Å². The zero-order valence-corrected chi connectivity index (χ0v) is 16.9. The second kappa shape index (κ2) is 8.77. The van der Waals surface area contributed by atoms with Crippen LogP contribution in [0.25, 0.3) is 0 Å². The molecular formula is C23H24BrN3. The molecule has 0 saturated carbocycles. The Morgan fingerprint density at radius 2 is 1.41 bits per heavy atom. The SMILES string of the molecule is Brc1cccc(C(C(c2cccnc2)c2cccnc2)N2CCCCC2)c1. The lowest BCUT2D eigenvalue weighted by molar-refractivity contribution is 0.150. The molecule has 3 heterocycles. The number of benzene rings is 1. The smallest absolute Gasteiger partial charge is 0.0458 e. The molecule has 1 aromatic carbocycles. The maximum absolute atomic E-state index is 4.42. The number of piperidine rings is 1. The Hall–Kier alpha value is -2.04. The van der Waals surface area contributed by atoms with Crippen LogP contribution in [0.3, 0.4) is 0 Å². The van der Waals surface area contributed by atoms with E-state index < -0.39 is 0 Å². The molecule has 0 N–H and O–H groups in total. The van der Waals surface area contributed by atoms with Gasteiger partial charge >= 0.3 is 0 Å².